The number of ether oxygens (including phenoxy) is 1. The van der Waals surface area contributed by atoms with Crippen LogP contribution in [-0.2, 0) is 6.61 Å². The van der Waals surface area contributed by atoms with Gasteiger partial charge in [-0.15, -0.1) is 0 Å². The monoisotopic (exact) mass is 257 g/mol. The first-order chi connectivity index (χ1) is 9.25. The molecule has 1 aromatic heterocycles. The molecule has 0 amide bonds. The average Bonchev–Trinajstić information content (AvgIpc) is 3.15. The summed E-state index contributed by atoms with van der Waals surface area (Å²) in [5.41, 5.74) is 8.12. The molecular formula is C15H19N3O. The summed E-state index contributed by atoms with van der Waals surface area (Å²) in [6, 6.07) is 8.54. The SMILES string of the molecule is CC(N)c1ccccc1OCc1cncn1C1CC1. The van der Waals surface area contributed by atoms with Crippen molar-refractivity contribution >= 4 is 0 Å². The molecule has 2 aromatic rings. The van der Waals surface area contributed by atoms with Crippen molar-refractivity contribution in [2.45, 2.75) is 38.5 Å². The van der Waals surface area contributed by atoms with E-state index in [-0.39, 0.29) is 6.04 Å². The molecule has 1 fully saturated rings. The van der Waals surface area contributed by atoms with E-state index >= 15 is 0 Å². The number of para-hydroxylation sites is 1. The van der Waals surface area contributed by atoms with E-state index < -0.39 is 0 Å². The van der Waals surface area contributed by atoms with Crippen LogP contribution in [0.25, 0.3) is 0 Å². The highest BCUT2D eigenvalue weighted by atomic mass is 16.5. The smallest absolute Gasteiger partial charge is 0.130 e. The van der Waals surface area contributed by atoms with Crippen molar-refractivity contribution in [2.24, 2.45) is 5.73 Å². The van der Waals surface area contributed by atoms with Crippen molar-refractivity contribution in [1.29, 1.82) is 0 Å². The maximum absolute atomic E-state index is 5.95. The Kier molecular flexibility index (Phi) is 3.25. The van der Waals surface area contributed by atoms with Crippen LogP contribution in [-0.4, -0.2) is 9.55 Å². The molecule has 1 saturated carbocycles. The van der Waals surface area contributed by atoms with Gasteiger partial charge in [-0.3, -0.25) is 0 Å². The highest BCUT2D eigenvalue weighted by molar-refractivity contribution is 5.35. The van der Waals surface area contributed by atoms with Gasteiger partial charge in [0.2, 0.25) is 0 Å². The Bertz CT molecular complexity index is 558. The van der Waals surface area contributed by atoms with Crippen molar-refractivity contribution in [3.05, 3.63) is 48.0 Å². The minimum absolute atomic E-state index is 0.0236. The van der Waals surface area contributed by atoms with Crippen LogP contribution in [0.4, 0.5) is 0 Å². The number of nitrogens with two attached hydrogens (primary N) is 1. The van der Waals surface area contributed by atoms with Crippen molar-refractivity contribution in [3.8, 4) is 5.75 Å². The lowest BCUT2D eigenvalue weighted by Crippen LogP contribution is -2.09. The van der Waals surface area contributed by atoms with Crippen molar-refractivity contribution in [2.75, 3.05) is 0 Å². The van der Waals surface area contributed by atoms with Gasteiger partial charge in [-0.1, -0.05) is 18.2 Å². The zero-order valence-electron chi connectivity index (χ0n) is 11.1. The number of benzene rings is 1. The average molecular weight is 257 g/mol. The van der Waals surface area contributed by atoms with Crippen molar-refractivity contribution < 1.29 is 4.74 Å². The second kappa shape index (κ2) is 5.05. The normalized spacial score (nSPS) is 16.3. The second-order valence-corrected chi connectivity index (χ2v) is 5.14. The maximum atomic E-state index is 5.95. The summed E-state index contributed by atoms with van der Waals surface area (Å²) in [6.45, 7) is 2.51. The Hall–Kier alpha value is -1.81. The predicted molar refractivity (Wildman–Crippen MR) is 73.9 cm³/mol. The summed E-state index contributed by atoms with van der Waals surface area (Å²) in [5, 5.41) is 0. The first kappa shape index (κ1) is 12.2. The fraction of sp³-hybridized carbons (Fsp3) is 0.400. The molecule has 0 aliphatic heterocycles. The van der Waals surface area contributed by atoms with Crippen LogP contribution in [0.1, 0.15) is 43.1 Å². The minimum Gasteiger partial charge on any atom is -0.487 e. The zero-order chi connectivity index (χ0) is 13.2. The van der Waals surface area contributed by atoms with E-state index in [1.54, 1.807) is 0 Å². The molecule has 0 bridgehead atoms. The summed E-state index contributed by atoms with van der Waals surface area (Å²) < 4.78 is 8.14. The Balaban J connectivity index is 1.73. The molecule has 0 radical (unpaired) electrons. The lowest BCUT2D eigenvalue weighted by atomic mass is 10.1. The standard InChI is InChI=1S/C15H19N3O/c1-11(16)14-4-2-3-5-15(14)19-9-13-8-17-10-18(13)12-6-7-12/h2-5,8,10-12H,6-7,9,16H2,1H3. The molecule has 4 nitrogen and oxygen atoms in total. The first-order valence-corrected chi connectivity index (χ1v) is 6.73. The van der Waals surface area contributed by atoms with E-state index in [4.69, 9.17) is 10.5 Å². The molecule has 19 heavy (non-hydrogen) atoms. The topological polar surface area (TPSA) is 53.1 Å². The van der Waals surface area contributed by atoms with Crippen LogP contribution in [0.5, 0.6) is 5.75 Å². The zero-order valence-corrected chi connectivity index (χ0v) is 11.1. The number of rotatable bonds is 5. The van der Waals surface area contributed by atoms with Gasteiger partial charge in [0.15, 0.2) is 0 Å². The third kappa shape index (κ3) is 2.63. The number of aromatic nitrogens is 2. The summed E-state index contributed by atoms with van der Waals surface area (Å²) in [4.78, 5) is 4.21. The molecule has 1 aromatic carbocycles. The molecule has 3 rings (SSSR count). The van der Waals surface area contributed by atoms with E-state index in [2.05, 4.69) is 9.55 Å². The van der Waals surface area contributed by atoms with Crippen LogP contribution >= 0.6 is 0 Å². The molecule has 1 atom stereocenters. The summed E-state index contributed by atoms with van der Waals surface area (Å²) in [5.74, 6) is 0.862. The molecule has 1 aliphatic carbocycles. The number of nitrogens with zero attached hydrogens (tertiary/aromatic N) is 2. The minimum atomic E-state index is -0.0236. The Morgan fingerprint density at radius 1 is 1.42 bits per heavy atom. The largest absolute Gasteiger partial charge is 0.487 e. The highest BCUT2D eigenvalue weighted by Crippen LogP contribution is 2.36. The Morgan fingerprint density at radius 3 is 2.95 bits per heavy atom. The van der Waals surface area contributed by atoms with Gasteiger partial charge in [0, 0.05) is 17.6 Å². The molecule has 2 N–H and O–H groups in total. The third-order valence-electron chi connectivity index (χ3n) is 3.47. The fourth-order valence-corrected chi connectivity index (χ4v) is 2.27. The summed E-state index contributed by atoms with van der Waals surface area (Å²) >= 11 is 0. The first-order valence-electron chi connectivity index (χ1n) is 6.73. The number of hydrogen-bond donors (Lipinski definition) is 1. The molecule has 1 heterocycles. The van der Waals surface area contributed by atoms with Gasteiger partial charge in [0.25, 0.3) is 0 Å². The van der Waals surface area contributed by atoms with Crippen molar-refractivity contribution in [3.63, 3.8) is 0 Å². The van der Waals surface area contributed by atoms with Gasteiger partial charge in [-0.25, -0.2) is 4.98 Å². The summed E-state index contributed by atoms with van der Waals surface area (Å²) in [7, 11) is 0. The number of hydrogen-bond acceptors (Lipinski definition) is 3. The Labute approximate surface area is 113 Å². The van der Waals surface area contributed by atoms with Crippen LogP contribution in [0.15, 0.2) is 36.8 Å². The highest BCUT2D eigenvalue weighted by Gasteiger charge is 2.25. The lowest BCUT2D eigenvalue weighted by Gasteiger charge is -2.14. The third-order valence-corrected chi connectivity index (χ3v) is 3.47. The van der Waals surface area contributed by atoms with E-state index in [1.165, 1.54) is 12.8 Å². The summed E-state index contributed by atoms with van der Waals surface area (Å²) in [6.07, 6.45) is 6.28. The lowest BCUT2D eigenvalue weighted by molar-refractivity contribution is 0.290. The second-order valence-electron chi connectivity index (χ2n) is 5.14. The van der Waals surface area contributed by atoms with Gasteiger partial charge in [-0.05, 0) is 25.8 Å². The Morgan fingerprint density at radius 2 is 2.21 bits per heavy atom. The van der Waals surface area contributed by atoms with Gasteiger partial charge < -0.3 is 15.0 Å². The number of imidazole rings is 1. The van der Waals surface area contributed by atoms with Crippen LogP contribution in [0.3, 0.4) is 0 Å². The fourth-order valence-electron chi connectivity index (χ4n) is 2.27. The molecule has 1 unspecified atom stereocenters. The van der Waals surface area contributed by atoms with Gasteiger partial charge in [-0.2, -0.15) is 0 Å². The quantitative estimate of drug-likeness (QED) is 0.896. The van der Waals surface area contributed by atoms with Gasteiger partial charge in [0.1, 0.15) is 12.4 Å². The van der Waals surface area contributed by atoms with Gasteiger partial charge >= 0.3 is 0 Å². The van der Waals surface area contributed by atoms with Crippen LogP contribution in [0, 0.1) is 0 Å². The van der Waals surface area contributed by atoms with Crippen molar-refractivity contribution in [1.82, 2.24) is 9.55 Å². The van der Waals surface area contributed by atoms with E-state index in [0.29, 0.717) is 12.6 Å². The molecule has 100 valence electrons. The van der Waals surface area contributed by atoms with Crippen LogP contribution < -0.4 is 10.5 Å². The van der Waals surface area contributed by atoms with E-state index in [1.807, 2.05) is 43.7 Å². The molecule has 1 aliphatic rings. The predicted octanol–water partition coefficient (Wildman–Crippen LogP) is 2.82. The molecule has 4 heteroatoms. The van der Waals surface area contributed by atoms with E-state index in [0.717, 1.165) is 17.0 Å². The maximum Gasteiger partial charge on any atom is 0.130 e. The molecular weight excluding hydrogens is 238 g/mol. The van der Waals surface area contributed by atoms with Gasteiger partial charge in [0.05, 0.1) is 18.2 Å². The molecule has 0 saturated heterocycles. The van der Waals surface area contributed by atoms with E-state index in [9.17, 15) is 0 Å². The van der Waals surface area contributed by atoms with Crippen LogP contribution in [0.2, 0.25) is 0 Å². The molecule has 0 spiro atoms.